The van der Waals surface area contributed by atoms with Gasteiger partial charge in [-0.3, -0.25) is 14.9 Å². The SMILES string of the molecule is COCCn1c(=NC(=O)c2ccccc2Br)sc2cc([N+](=O)[O-])ccc21. The van der Waals surface area contributed by atoms with Gasteiger partial charge in [-0.2, -0.15) is 4.99 Å². The van der Waals surface area contributed by atoms with Gasteiger partial charge >= 0.3 is 0 Å². The second kappa shape index (κ2) is 7.90. The number of rotatable bonds is 5. The average molecular weight is 436 g/mol. The Hall–Kier alpha value is -2.36. The monoisotopic (exact) mass is 435 g/mol. The number of nitro benzene ring substituents is 1. The van der Waals surface area contributed by atoms with Crippen molar-refractivity contribution in [2.75, 3.05) is 13.7 Å². The van der Waals surface area contributed by atoms with Crippen molar-refractivity contribution in [3.05, 3.63) is 67.4 Å². The van der Waals surface area contributed by atoms with E-state index in [1.807, 2.05) is 10.6 Å². The van der Waals surface area contributed by atoms with Crippen molar-refractivity contribution >= 4 is 49.1 Å². The maximum absolute atomic E-state index is 12.6. The Labute approximate surface area is 160 Å². The van der Waals surface area contributed by atoms with Gasteiger partial charge in [-0.05, 0) is 34.1 Å². The first-order valence-corrected chi connectivity index (χ1v) is 9.22. The van der Waals surface area contributed by atoms with Crippen LogP contribution in [-0.4, -0.2) is 29.1 Å². The Bertz CT molecular complexity index is 1060. The molecule has 0 N–H and O–H groups in total. The molecule has 0 aliphatic rings. The number of carbonyl (C=O) groups is 1. The van der Waals surface area contributed by atoms with Crippen LogP contribution in [0.1, 0.15) is 10.4 Å². The number of ether oxygens (including phenoxy) is 1. The number of nitro groups is 1. The number of aromatic nitrogens is 1. The fourth-order valence-corrected chi connectivity index (χ4v) is 3.98. The summed E-state index contributed by atoms with van der Waals surface area (Å²) in [7, 11) is 1.59. The number of carbonyl (C=O) groups excluding carboxylic acids is 1. The van der Waals surface area contributed by atoms with Gasteiger partial charge in [0.15, 0.2) is 4.80 Å². The number of methoxy groups -OCH3 is 1. The molecule has 2 aromatic carbocycles. The second-order valence-electron chi connectivity index (χ2n) is 5.34. The molecule has 0 unspecified atom stereocenters. The first kappa shape index (κ1) is 18.4. The van der Waals surface area contributed by atoms with Gasteiger partial charge in [0.1, 0.15) is 0 Å². The molecule has 0 saturated heterocycles. The number of thiazole rings is 1. The Kier molecular flexibility index (Phi) is 5.60. The summed E-state index contributed by atoms with van der Waals surface area (Å²) in [6, 6.07) is 11.6. The summed E-state index contributed by atoms with van der Waals surface area (Å²) in [6.07, 6.45) is 0. The lowest BCUT2D eigenvalue weighted by molar-refractivity contribution is -0.384. The molecule has 9 heteroatoms. The van der Waals surface area contributed by atoms with Crippen LogP contribution in [0.4, 0.5) is 5.69 Å². The molecular formula is C17H14BrN3O4S. The van der Waals surface area contributed by atoms with Gasteiger partial charge in [-0.1, -0.05) is 23.5 Å². The zero-order chi connectivity index (χ0) is 18.7. The third-order valence-electron chi connectivity index (χ3n) is 3.70. The van der Waals surface area contributed by atoms with Crippen molar-refractivity contribution in [2.45, 2.75) is 6.54 Å². The van der Waals surface area contributed by atoms with Crippen LogP contribution < -0.4 is 4.80 Å². The van der Waals surface area contributed by atoms with Crippen molar-refractivity contribution in [1.82, 2.24) is 4.57 Å². The Morgan fingerprint density at radius 3 is 2.81 bits per heavy atom. The molecular weight excluding hydrogens is 422 g/mol. The van der Waals surface area contributed by atoms with E-state index >= 15 is 0 Å². The largest absolute Gasteiger partial charge is 0.383 e. The van der Waals surface area contributed by atoms with Crippen LogP contribution in [0.15, 0.2) is 51.9 Å². The third-order valence-corrected chi connectivity index (χ3v) is 5.43. The molecule has 0 radical (unpaired) electrons. The summed E-state index contributed by atoms with van der Waals surface area (Å²) in [4.78, 5) is 27.8. The summed E-state index contributed by atoms with van der Waals surface area (Å²) in [5, 5.41) is 11.0. The Morgan fingerprint density at radius 2 is 2.12 bits per heavy atom. The lowest BCUT2D eigenvalue weighted by atomic mass is 10.2. The van der Waals surface area contributed by atoms with Crippen molar-refractivity contribution in [3.8, 4) is 0 Å². The number of nitrogens with zero attached hydrogens (tertiary/aromatic N) is 3. The van der Waals surface area contributed by atoms with E-state index in [0.29, 0.717) is 32.7 Å². The second-order valence-corrected chi connectivity index (χ2v) is 7.20. The average Bonchev–Trinajstić information content (AvgIpc) is 2.96. The van der Waals surface area contributed by atoms with Gasteiger partial charge in [0, 0.05) is 30.3 Å². The number of hydrogen-bond acceptors (Lipinski definition) is 5. The van der Waals surface area contributed by atoms with Gasteiger partial charge < -0.3 is 9.30 Å². The van der Waals surface area contributed by atoms with Gasteiger partial charge in [0.05, 0.1) is 27.3 Å². The molecule has 0 saturated carbocycles. The van der Waals surface area contributed by atoms with E-state index in [2.05, 4.69) is 20.9 Å². The smallest absolute Gasteiger partial charge is 0.280 e. The highest BCUT2D eigenvalue weighted by Crippen LogP contribution is 2.23. The van der Waals surface area contributed by atoms with E-state index in [4.69, 9.17) is 4.74 Å². The highest BCUT2D eigenvalue weighted by atomic mass is 79.9. The molecule has 1 aromatic heterocycles. The van der Waals surface area contributed by atoms with Crippen LogP contribution in [0.25, 0.3) is 10.2 Å². The predicted molar refractivity (Wildman–Crippen MR) is 102 cm³/mol. The summed E-state index contributed by atoms with van der Waals surface area (Å²) < 4.78 is 8.32. The molecule has 1 amide bonds. The Morgan fingerprint density at radius 1 is 1.35 bits per heavy atom. The minimum Gasteiger partial charge on any atom is -0.383 e. The number of hydrogen-bond donors (Lipinski definition) is 0. The molecule has 0 aliphatic carbocycles. The molecule has 3 rings (SSSR count). The van der Waals surface area contributed by atoms with E-state index in [1.165, 1.54) is 23.5 Å². The van der Waals surface area contributed by atoms with Gasteiger partial charge in [0.25, 0.3) is 11.6 Å². The first-order valence-electron chi connectivity index (χ1n) is 7.61. The standard InChI is InChI=1S/C17H14BrN3O4S/c1-25-9-8-20-14-7-6-11(21(23)24)10-15(14)26-17(20)19-16(22)12-4-2-3-5-13(12)18/h2-7,10H,8-9H2,1H3. The molecule has 0 spiro atoms. The fourth-order valence-electron chi connectivity index (χ4n) is 2.44. The van der Waals surface area contributed by atoms with Crippen LogP contribution in [0.2, 0.25) is 0 Å². The van der Waals surface area contributed by atoms with Crippen LogP contribution in [0.5, 0.6) is 0 Å². The van der Waals surface area contributed by atoms with Gasteiger partial charge in [-0.25, -0.2) is 0 Å². The van der Waals surface area contributed by atoms with Crippen molar-refractivity contribution in [3.63, 3.8) is 0 Å². The number of fused-ring (bicyclic) bond motifs is 1. The van der Waals surface area contributed by atoms with Crippen molar-refractivity contribution in [1.29, 1.82) is 0 Å². The highest BCUT2D eigenvalue weighted by Gasteiger charge is 2.14. The molecule has 7 nitrogen and oxygen atoms in total. The van der Waals surface area contributed by atoms with Crippen LogP contribution in [0.3, 0.4) is 0 Å². The first-order chi connectivity index (χ1) is 12.5. The number of amides is 1. The predicted octanol–water partition coefficient (Wildman–Crippen LogP) is 3.76. The van der Waals surface area contributed by atoms with E-state index in [0.717, 1.165) is 5.52 Å². The molecule has 3 aromatic rings. The lowest BCUT2D eigenvalue weighted by Gasteiger charge is -2.04. The van der Waals surface area contributed by atoms with Crippen molar-refractivity contribution < 1.29 is 14.5 Å². The molecule has 0 fully saturated rings. The number of benzene rings is 2. The fraction of sp³-hybridized carbons (Fsp3) is 0.176. The summed E-state index contributed by atoms with van der Waals surface area (Å²) in [6.45, 7) is 0.912. The van der Waals surface area contributed by atoms with Crippen LogP contribution >= 0.6 is 27.3 Å². The minimum atomic E-state index is -0.443. The van der Waals surface area contributed by atoms with E-state index < -0.39 is 4.92 Å². The lowest BCUT2D eigenvalue weighted by Crippen LogP contribution is -2.19. The van der Waals surface area contributed by atoms with E-state index in [9.17, 15) is 14.9 Å². The number of non-ortho nitro benzene ring substituents is 1. The van der Waals surface area contributed by atoms with Crippen LogP contribution in [-0.2, 0) is 11.3 Å². The van der Waals surface area contributed by atoms with Gasteiger partial charge in [-0.15, -0.1) is 0 Å². The number of halogens is 1. The molecule has 134 valence electrons. The van der Waals surface area contributed by atoms with E-state index in [1.54, 1.807) is 31.4 Å². The zero-order valence-corrected chi connectivity index (χ0v) is 16.1. The maximum Gasteiger partial charge on any atom is 0.280 e. The zero-order valence-electron chi connectivity index (χ0n) is 13.7. The molecule has 0 bridgehead atoms. The summed E-state index contributed by atoms with van der Waals surface area (Å²) in [5.41, 5.74) is 1.23. The topological polar surface area (TPSA) is 86.7 Å². The Balaban J connectivity index is 2.15. The van der Waals surface area contributed by atoms with Crippen LogP contribution in [0, 0.1) is 10.1 Å². The molecule has 0 atom stereocenters. The van der Waals surface area contributed by atoms with E-state index in [-0.39, 0.29) is 11.6 Å². The van der Waals surface area contributed by atoms with Crippen molar-refractivity contribution in [2.24, 2.45) is 4.99 Å². The normalized spacial score (nSPS) is 11.8. The quantitative estimate of drug-likeness (QED) is 0.450. The molecule has 26 heavy (non-hydrogen) atoms. The maximum atomic E-state index is 12.6. The minimum absolute atomic E-state index is 0.00122. The highest BCUT2D eigenvalue weighted by molar-refractivity contribution is 9.10. The molecule has 0 aliphatic heterocycles. The van der Waals surface area contributed by atoms with Gasteiger partial charge in [0.2, 0.25) is 0 Å². The third kappa shape index (κ3) is 3.74. The summed E-state index contributed by atoms with van der Waals surface area (Å²) in [5.74, 6) is -0.385. The molecule has 1 heterocycles. The summed E-state index contributed by atoms with van der Waals surface area (Å²) >= 11 is 4.59.